The van der Waals surface area contributed by atoms with Gasteiger partial charge in [0.05, 0.1) is 18.9 Å². The van der Waals surface area contributed by atoms with Crippen molar-refractivity contribution in [1.82, 2.24) is 5.43 Å². The Morgan fingerprint density at radius 2 is 1.77 bits per heavy atom. The van der Waals surface area contributed by atoms with Crippen LogP contribution in [0.1, 0.15) is 31.8 Å². The van der Waals surface area contributed by atoms with Crippen molar-refractivity contribution in [2.75, 3.05) is 7.11 Å². The van der Waals surface area contributed by atoms with E-state index in [1.165, 1.54) is 43.7 Å². The number of carbonyl (C=O) groups is 2. The second kappa shape index (κ2) is 9.93. The van der Waals surface area contributed by atoms with Crippen molar-refractivity contribution in [3.8, 4) is 17.2 Å². The Bertz CT molecular complexity index is 1110. The smallest absolute Gasteiger partial charge is 0.335 e. The molecule has 1 amide bonds. The number of hydrazone groups is 1. The van der Waals surface area contributed by atoms with Gasteiger partial charge in [-0.2, -0.15) is 5.10 Å². The Morgan fingerprint density at radius 1 is 1.00 bits per heavy atom. The molecular formula is C23H20N2O6. The third kappa shape index (κ3) is 5.83. The van der Waals surface area contributed by atoms with Gasteiger partial charge in [0.2, 0.25) is 0 Å². The number of amides is 1. The molecule has 0 spiro atoms. The van der Waals surface area contributed by atoms with E-state index in [0.29, 0.717) is 28.2 Å². The van der Waals surface area contributed by atoms with E-state index in [-0.39, 0.29) is 17.9 Å². The molecule has 0 saturated heterocycles. The summed E-state index contributed by atoms with van der Waals surface area (Å²) in [5.41, 5.74) is 4.34. The molecule has 0 aromatic heterocycles. The molecule has 0 heterocycles. The lowest BCUT2D eigenvalue weighted by Crippen LogP contribution is -2.17. The summed E-state index contributed by atoms with van der Waals surface area (Å²) in [6, 6.07) is 17.4. The van der Waals surface area contributed by atoms with Crippen LogP contribution in [0, 0.1) is 0 Å². The minimum absolute atomic E-state index is 0.0732. The lowest BCUT2D eigenvalue weighted by molar-refractivity contribution is 0.0696. The van der Waals surface area contributed by atoms with Crippen LogP contribution in [-0.2, 0) is 6.61 Å². The summed E-state index contributed by atoms with van der Waals surface area (Å²) in [6.45, 7) is 0.174. The van der Waals surface area contributed by atoms with Gasteiger partial charge in [0.25, 0.3) is 5.91 Å². The number of phenolic OH excluding ortho intramolecular Hbond substituents is 1. The number of carboxylic acid groups (broad SMARTS) is 1. The van der Waals surface area contributed by atoms with Gasteiger partial charge >= 0.3 is 5.97 Å². The molecule has 3 rings (SSSR count). The molecule has 0 aliphatic heterocycles. The first-order valence-electron chi connectivity index (χ1n) is 9.22. The molecule has 3 aromatic rings. The first-order valence-corrected chi connectivity index (χ1v) is 9.22. The van der Waals surface area contributed by atoms with Gasteiger partial charge in [-0.15, -0.1) is 0 Å². The van der Waals surface area contributed by atoms with Crippen LogP contribution in [0.2, 0.25) is 0 Å². The summed E-state index contributed by atoms with van der Waals surface area (Å²) in [7, 11) is 1.50. The third-order valence-corrected chi connectivity index (χ3v) is 4.27. The maximum absolute atomic E-state index is 12.0. The highest BCUT2D eigenvalue weighted by molar-refractivity contribution is 5.95. The van der Waals surface area contributed by atoms with Gasteiger partial charge in [-0.1, -0.05) is 12.1 Å². The Labute approximate surface area is 178 Å². The zero-order valence-corrected chi connectivity index (χ0v) is 16.6. The van der Waals surface area contributed by atoms with Gasteiger partial charge in [-0.05, 0) is 65.7 Å². The van der Waals surface area contributed by atoms with Crippen LogP contribution in [0.25, 0.3) is 0 Å². The fourth-order valence-corrected chi connectivity index (χ4v) is 2.68. The summed E-state index contributed by atoms with van der Waals surface area (Å²) in [6.07, 6.45) is 1.46. The zero-order chi connectivity index (χ0) is 22.2. The van der Waals surface area contributed by atoms with Crippen molar-refractivity contribution in [2.45, 2.75) is 6.61 Å². The maximum atomic E-state index is 12.0. The van der Waals surface area contributed by atoms with E-state index in [0.717, 1.165) is 0 Å². The monoisotopic (exact) mass is 420 g/mol. The number of nitrogens with zero attached hydrogens (tertiary/aromatic N) is 1. The van der Waals surface area contributed by atoms with Gasteiger partial charge in [0, 0.05) is 5.56 Å². The number of carboxylic acids is 1. The molecule has 8 heteroatoms. The second-order valence-electron chi connectivity index (χ2n) is 6.45. The first kappa shape index (κ1) is 21.4. The fraction of sp³-hybridized carbons (Fsp3) is 0.0870. The number of benzene rings is 3. The molecule has 0 saturated carbocycles. The summed E-state index contributed by atoms with van der Waals surface area (Å²) < 4.78 is 11.1. The Morgan fingerprint density at radius 3 is 2.48 bits per heavy atom. The number of hydrogen-bond donors (Lipinski definition) is 3. The zero-order valence-electron chi connectivity index (χ0n) is 16.6. The highest BCUT2D eigenvalue weighted by Gasteiger charge is 2.08. The minimum Gasteiger partial charge on any atom is -0.508 e. The molecule has 31 heavy (non-hydrogen) atoms. The lowest BCUT2D eigenvalue weighted by atomic mass is 10.1. The van der Waals surface area contributed by atoms with Crippen molar-refractivity contribution in [3.05, 3.63) is 89.0 Å². The topological polar surface area (TPSA) is 117 Å². The highest BCUT2D eigenvalue weighted by atomic mass is 16.5. The number of methoxy groups -OCH3 is 1. The molecule has 0 bridgehead atoms. The van der Waals surface area contributed by atoms with Crippen LogP contribution >= 0.6 is 0 Å². The molecule has 0 unspecified atom stereocenters. The average Bonchev–Trinajstić information content (AvgIpc) is 2.78. The lowest BCUT2D eigenvalue weighted by Gasteiger charge is -2.11. The van der Waals surface area contributed by atoms with E-state index < -0.39 is 11.9 Å². The van der Waals surface area contributed by atoms with Gasteiger partial charge < -0.3 is 19.7 Å². The Kier molecular flexibility index (Phi) is 6.85. The summed E-state index contributed by atoms with van der Waals surface area (Å²) in [5, 5.41) is 22.3. The normalized spacial score (nSPS) is 10.6. The maximum Gasteiger partial charge on any atom is 0.335 e. The predicted molar refractivity (Wildman–Crippen MR) is 114 cm³/mol. The summed E-state index contributed by atoms with van der Waals surface area (Å²) in [5.74, 6) is -0.395. The highest BCUT2D eigenvalue weighted by Crippen LogP contribution is 2.28. The van der Waals surface area contributed by atoms with E-state index in [4.69, 9.17) is 14.6 Å². The number of aromatic hydroxyl groups is 1. The molecule has 3 aromatic carbocycles. The largest absolute Gasteiger partial charge is 0.508 e. The van der Waals surface area contributed by atoms with E-state index in [2.05, 4.69) is 10.5 Å². The number of rotatable bonds is 8. The van der Waals surface area contributed by atoms with Gasteiger partial charge in [0.15, 0.2) is 11.5 Å². The molecule has 0 aliphatic carbocycles. The Hall–Kier alpha value is -4.33. The fourth-order valence-electron chi connectivity index (χ4n) is 2.68. The number of aromatic carboxylic acids is 1. The molecule has 8 nitrogen and oxygen atoms in total. The van der Waals surface area contributed by atoms with Crippen LogP contribution in [0.15, 0.2) is 71.8 Å². The van der Waals surface area contributed by atoms with E-state index in [9.17, 15) is 14.7 Å². The van der Waals surface area contributed by atoms with Crippen molar-refractivity contribution in [3.63, 3.8) is 0 Å². The van der Waals surface area contributed by atoms with Crippen LogP contribution in [0.5, 0.6) is 17.2 Å². The molecule has 0 aliphatic rings. The van der Waals surface area contributed by atoms with Crippen LogP contribution in [-0.4, -0.2) is 35.4 Å². The van der Waals surface area contributed by atoms with Gasteiger partial charge in [-0.3, -0.25) is 4.79 Å². The van der Waals surface area contributed by atoms with E-state index in [1.54, 1.807) is 36.4 Å². The quantitative estimate of drug-likeness (QED) is 0.380. The van der Waals surface area contributed by atoms with Crippen molar-refractivity contribution in [2.24, 2.45) is 5.10 Å². The predicted octanol–water partition coefficient (Wildman–Crippen LogP) is 3.44. The van der Waals surface area contributed by atoms with E-state index >= 15 is 0 Å². The summed E-state index contributed by atoms with van der Waals surface area (Å²) >= 11 is 0. The van der Waals surface area contributed by atoms with Crippen LogP contribution in [0.3, 0.4) is 0 Å². The number of nitrogens with one attached hydrogen (secondary N) is 1. The number of phenols is 1. The Balaban J connectivity index is 1.63. The average molecular weight is 420 g/mol. The summed E-state index contributed by atoms with van der Waals surface area (Å²) in [4.78, 5) is 23.1. The standard InChI is InChI=1S/C23H20N2O6/c1-30-21-12-15(13-24-25-22(27)17-6-8-19(26)9-7-17)5-10-20(21)31-14-16-3-2-4-18(11-16)23(28)29/h2-13,26H,14H2,1H3,(H,25,27)(H,28,29)/b24-13-. The minimum atomic E-state index is -0.999. The van der Waals surface area contributed by atoms with Gasteiger partial charge in [0.1, 0.15) is 12.4 Å². The number of carbonyl (C=O) groups excluding carboxylic acids is 1. The van der Waals surface area contributed by atoms with Gasteiger partial charge in [-0.25, -0.2) is 10.2 Å². The van der Waals surface area contributed by atoms with E-state index in [1.807, 2.05) is 0 Å². The molecular weight excluding hydrogens is 400 g/mol. The number of hydrogen-bond acceptors (Lipinski definition) is 6. The second-order valence-corrected chi connectivity index (χ2v) is 6.45. The molecule has 158 valence electrons. The third-order valence-electron chi connectivity index (χ3n) is 4.27. The molecule has 0 atom stereocenters. The van der Waals surface area contributed by atoms with Crippen LogP contribution in [0.4, 0.5) is 0 Å². The number of ether oxygens (including phenoxy) is 2. The van der Waals surface area contributed by atoms with Crippen LogP contribution < -0.4 is 14.9 Å². The molecule has 0 fully saturated rings. The first-order chi connectivity index (χ1) is 15.0. The van der Waals surface area contributed by atoms with Crippen molar-refractivity contribution >= 4 is 18.1 Å². The molecule has 0 radical (unpaired) electrons. The molecule has 3 N–H and O–H groups in total. The van der Waals surface area contributed by atoms with Crippen molar-refractivity contribution < 1.29 is 29.3 Å². The SMILES string of the molecule is COc1cc(/C=N\NC(=O)c2ccc(O)cc2)ccc1OCc1cccc(C(=O)O)c1. The van der Waals surface area contributed by atoms with Crippen molar-refractivity contribution in [1.29, 1.82) is 0 Å².